The number of thioether (sulfide) groups is 1. The molecule has 2 N–H and O–H groups in total. The largest absolute Gasteiger partial charge is 0.322 e. The molecule has 2 aromatic carbocycles. The molecule has 0 bridgehead atoms. The lowest BCUT2D eigenvalue weighted by Crippen LogP contribution is -2.15. The zero-order valence-electron chi connectivity index (χ0n) is 16.5. The van der Waals surface area contributed by atoms with E-state index in [1.165, 1.54) is 31.9 Å². The van der Waals surface area contributed by atoms with Crippen molar-refractivity contribution in [2.24, 2.45) is 0 Å². The molecule has 0 radical (unpaired) electrons. The SMILES string of the molecule is O=C(Nc1cccc(C(=O)Nc2ccccc2SC2CCCC2)c1)c1cccnc1. The zero-order chi connectivity index (χ0) is 20.8. The first-order chi connectivity index (χ1) is 14.7. The van der Waals surface area contributed by atoms with Gasteiger partial charge in [-0.1, -0.05) is 31.0 Å². The summed E-state index contributed by atoms with van der Waals surface area (Å²) in [7, 11) is 0. The van der Waals surface area contributed by atoms with Gasteiger partial charge in [0.1, 0.15) is 0 Å². The molecule has 152 valence electrons. The van der Waals surface area contributed by atoms with E-state index in [1.54, 1.807) is 42.6 Å². The van der Waals surface area contributed by atoms with E-state index < -0.39 is 0 Å². The second kappa shape index (κ2) is 9.59. The van der Waals surface area contributed by atoms with Gasteiger partial charge in [0.2, 0.25) is 0 Å². The molecule has 0 atom stereocenters. The van der Waals surface area contributed by atoms with Crippen molar-refractivity contribution < 1.29 is 9.59 Å². The normalized spacial score (nSPS) is 13.7. The number of aromatic nitrogens is 1. The fraction of sp³-hybridized carbons (Fsp3) is 0.208. The van der Waals surface area contributed by atoms with E-state index >= 15 is 0 Å². The summed E-state index contributed by atoms with van der Waals surface area (Å²) in [6.07, 6.45) is 8.14. The van der Waals surface area contributed by atoms with Crippen LogP contribution in [0.4, 0.5) is 11.4 Å². The molecule has 0 spiro atoms. The Morgan fingerprint density at radius 1 is 0.867 bits per heavy atom. The maximum absolute atomic E-state index is 12.9. The van der Waals surface area contributed by atoms with E-state index in [9.17, 15) is 9.59 Å². The van der Waals surface area contributed by atoms with Crippen LogP contribution in [0.15, 0.2) is 78.0 Å². The van der Waals surface area contributed by atoms with Crippen LogP contribution in [0, 0.1) is 0 Å². The topological polar surface area (TPSA) is 71.1 Å². The Morgan fingerprint density at radius 2 is 1.63 bits per heavy atom. The first kappa shape index (κ1) is 20.2. The van der Waals surface area contributed by atoms with Gasteiger partial charge in [0.25, 0.3) is 11.8 Å². The highest BCUT2D eigenvalue weighted by molar-refractivity contribution is 8.00. The Hall–Kier alpha value is -3.12. The van der Waals surface area contributed by atoms with Gasteiger partial charge in [0, 0.05) is 33.8 Å². The maximum Gasteiger partial charge on any atom is 0.257 e. The minimum absolute atomic E-state index is 0.202. The molecule has 3 aromatic rings. The molecule has 0 aliphatic heterocycles. The van der Waals surface area contributed by atoms with Gasteiger partial charge in [-0.2, -0.15) is 0 Å². The third-order valence-corrected chi connectivity index (χ3v) is 6.45. The first-order valence-corrected chi connectivity index (χ1v) is 11.0. The lowest BCUT2D eigenvalue weighted by Gasteiger charge is -2.14. The Morgan fingerprint density at radius 3 is 2.43 bits per heavy atom. The average molecular weight is 418 g/mol. The molecule has 2 amide bonds. The molecular weight excluding hydrogens is 394 g/mol. The van der Waals surface area contributed by atoms with Gasteiger partial charge in [-0.25, -0.2) is 0 Å². The monoisotopic (exact) mass is 417 g/mol. The molecule has 0 unspecified atom stereocenters. The van der Waals surface area contributed by atoms with Crippen molar-refractivity contribution >= 4 is 35.0 Å². The molecular formula is C24H23N3O2S. The number of rotatable bonds is 6. The number of nitrogens with one attached hydrogen (secondary N) is 2. The molecule has 1 aliphatic rings. The predicted octanol–water partition coefficient (Wildman–Crippen LogP) is 5.62. The summed E-state index contributed by atoms with van der Waals surface area (Å²) in [5.41, 5.74) is 2.33. The van der Waals surface area contributed by atoms with Crippen LogP contribution in [0.3, 0.4) is 0 Å². The quantitative estimate of drug-likeness (QED) is 0.546. The Kier molecular flexibility index (Phi) is 6.44. The second-order valence-corrected chi connectivity index (χ2v) is 8.59. The van der Waals surface area contributed by atoms with Crippen LogP contribution in [-0.4, -0.2) is 22.0 Å². The highest BCUT2D eigenvalue weighted by Gasteiger charge is 2.18. The number of pyridine rings is 1. The smallest absolute Gasteiger partial charge is 0.257 e. The highest BCUT2D eigenvalue weighted by atomic mass is 32.2. The maximum atomic E-state index is 12.9. The number of carbonyl (C=O) groups is 2. The molecule has 1 aliphatic carbocycles. The Bertz CT molecular complexity index is 1030. The second-order valence-electron chi connectivity index (χ2n) is 7.25. The number of carbonyl (C=O) groups excluding carboxylic acids is 2. The third-order valence-electron chi connectivity index (χ3n) is 5.04. The van der Waals surface area contributed by atoms with Gasteiger partial charge in [0.15, 0.2) is 0 Å². The summed E-state index contributed by atoms with van der Waals surface area (Å²) in [6, 6.07) is 18.3. The van der Waals surface area contributed by atoms with Gasteiger partial charge >= 0.3 is 0 Å². The number of anilines is 2. The Labute approximate surface area is 180 Å². The van der Waals surface area contributed by atoms with E-state index in [2.05, 4.69) is 21.7 Å². The van der Waals surface area contributed by atoms with Gasteiger partial charge in [0.05, 0.1) is 11.3 Å². The molecule has 0 saturated heterocycles. The lowest BCUT2D eigenvalue weighted by molar-refractivity contribution is 0.101. The van der Waals surface area contributed by atoms with E-state index in [0.29, 0.717) is 22.1 Å². The molecule has 1 saturated carbocycles. The molecule has 1 heterocycles. The molecule has 6 heteroatoms. The van der Waals surface area contributed by atoms with Gasteiger partial charge in [-0.3, -0.25) is 14.6 Å². The van der Waals surface area contributed by atoms with Gasteiger partial charge in [-0.05, 0) is 55.3 Å². The van der Waals surface area contributed by atoms with Crippen LogP contribution in [0.1, 0.15) is 46.4 Å². The van der Waals surface area contributed by atoms with Crippen molar-refractivity contribution in [3.05, 3.63) is 84.2 Å². The number of para-hydroxylation sites is 1. The van der Waals surface area contributed by atoms with Gasteiger partial charge < -0.3 is 10.6 Å². The predicted molar refractivity (Wildman–Crippen MR) is 121 cm³/mol. The summed E-state index contributed by atoms with van der Waals surface area (Å²) in [6.45, 7) is 0. The van der Waals surface area contributed by atoms with Crippen molar-refractivity contribution in [3.63, 3.8) is 0 Å². The molecule has 1 fully saturated rings. The summed E-state index contributed by atoms with van der Waals surface area (Å²) >= 11 is 1.85. The zero-order valence-corrected chi connectivity index (χ0v) is 17.3. The summed E-state index contributed by atoms with van der Waals surface area (Å²) in [5.74, 6) is -0.467. The molecule has 1 aromatic heterocycles. The van der Waals surface area contributed by atoms with Crippen LogP contribution in [0.25, 0.3) is 0 Å². The van der Waals surface area contributed by atoms with Crippen molar-refractivity contribution in [2.75, 3.05) is 10.6 Å². The average Bonchev–Trinajstić information content (AvgIpc) is 3.29. The van der Waals surface area contributed by atoms with E-state index in [-0.39, 0.29) is 11.8 Å². The highest BCUT2D eigenvalue weighted by Crippen LogP contribution is 2.38. The van der Waals surface area contributed by atoms with Crippen LogP contribution < -0.4 is 10.6 Å². The summed E-state index contributed by atoms with van der Waals surface area (Å²) in [5, 5.41) is 6.46. The lowest BCUT2D eigenvalue weighted by atomic mass is 10.1. The summed E-state index contributed by atoms with van der Waals surface area (Å²) in [4.78, 5) is 30.3. The standard InChI is InChI=1S/C24H23N3O2S/c28-23(27-21-12-3-4-13-22(21)30-20-10-1-2-11-20)17-7-5-9-19(15-17)26-24(29)18-8-6-14-25-16-18/h3-9,12-16,20H,1-2,10-11H2,(H,26,29)(H,27,28). The van der Waals surface area contributed by atoms with Crippen LogP contribution >= 0.6 is 11.8 Å². The minimum atomic E-state index is -0.265. The van der Waals surface area contributed by atoms with Crippen molar-refractivity contribution in [2.45, 2.75) is 35.8 Å². The van der Waals surface area contributed by atoms with Crippen molar-refractivity contribution in [1.29, 1.82) is 0 Å². The van der Waals surface area contributed by atoms with E-state index in [4.69, 9.17) is 0 Å². The number of nitrogens with zero attached hydrogens (tertiary/aromatic N) is 1. The Balaban J connectivity index is 1.45. The molecule has 30 heavy (non-hydrogen) atoms. The van der Waals surface area contributed by atoms with Crippen molar-refractivity contribution in [1.82, 2.24) is 4.98 Å². The number of hydrogen-bond donors (Lipinski definition) is 2. The first-order valence-electron chi connectivity index (χ1n) is 10.1. The van der Waals surface area contributed by atoms with Crippen LogP contribution in [0.2, 0.25) is 0 Å². The number of amides is 2. The van der Waals surface area contributed by atoms with Crippen LogP contribution in [0.5, 0.6) is 0 Å². The van der Waals surface area contributed by atoms with E-state index in [0.717, 1.165) is 10.6 Å². The number of benzene rings is 2. The molecule has 4 rings (SSSR count). The van der Waals surface area contributed by atoms with Gasteiger partial charge in [-0.15, -0.1) is 11.8 Å². The number of hydrogen-bond acceptors (Lipinski definition) is 4. The van der Waals surface area contributed by atoms with E-state index in [1.807, 2.05) is 30.0 Å². The third kappa shape index (κ3) is 5.07. The molecule has 5 nitrogen and oxygen atoms in total. The van der Waals surface area contributed by atoms with Crippen molar-refractivity contribution in [3.8, 4) is 0 Å². The minimum Gasteiger partial charge on any atom is -0.322 e. The summed E-state index contributed by atoms with van der Waals surface area (Å²) < 4.78 is 0. The van der Waals surface area contributed by atoms with Crippen LogP contribution in [-0.2, 0) is 0 Å². The fourth-order valence-corrected chi connectivity index (χ4v) is 4.82. The fourth-order valence-electron chi connectivity index (χ4n) is 3.49.